The Morgan fingerprint density at radius 2 is 1.28 bits per heavy atom. The molecule has 0 radical (unpaired) electrons. The average molecular weight is 307 g/mol. The Morgan fingerprint density at radius 1 is 0.889 bits per heavy atom. The molecule has 2 nitrogen and oxygen atoms in total. The summed E-state index contributed by atoms with van der Waals surface area (Å²) in [7, 11) is 0. The van der Waals surface area contributed by atoms with Crippen molar-refractivity contribution in [2.24, 2.45) is 4.99 Å². The Labute approximate surface area is 122 Å². The van der Waals surface area contributed by atoms with E-state index < -0.39 is 0 Å². The molecule has 0 saturated carbocycles. The second-order valence-corrected chi connectivity index (χ2v) is 5.76. The van der Waals surface area contributed by atoms with Crippen molar-refractivity contribution < 1.29 is 4.79 Å². The monoisotopic (exact) mass is 305 g/mol. The molecule has 0 aliphatic heterocycles. The maximum atomic E-state index is 10.6. The molecule has 18 heavy (non-hydrogen) atoms. The molecule has 0 N–H and O–H groups in total. The highest BCUT2D eigenvalue weighted by Crippen LogP contribution is 2.48. The van der Waals surface area contributed by atoms with E-state index in [0.29, 0.717) is 20.8 Å². The van der Waals surface area contributed by atoms with Gasteiger partial charge < -0.3 is 0 Å². The van der Waals surface area contributed by atoms with Gasteiger partial charge >= 0.3 is 0 Å². The van der Waals surface area contributed by atoms with Gasteiger partial charge in [0.25, 0.3) is 0 Å². The zero-order valence-corrected chi connectivity index (χ0v) is 12.9. The minimum atomic E-state index is 0.0804. The van der Waals surface area contributed by atoms with Crippen molar-refractivity contribution in [2.45, 2.75) is 39.5 Å². The van der Waals surface area contributed by atoms with Crippen molar-refractivity contribution in [3.05, 3.63) is 26.2 Å². The number of hydrogen-bond acceptors (Lipinski definition) is 2. The summed E-state index contributed by atoms with van der Waals surface area (Å²) in [6.45, 7) is 7.83. The van der Waals surface area contributed by atoms with Gasteiger partial charge in [-0.25, -0.2) is 4.79 Å². The maximum absolute atomic E-state index is 10.6. The van der Waals surface area contributed by atoms with E-state index in [9.17, 15) is 4.79 Å². The minimum absolute atomic E-state index is 0.0804. The normalized spacial score (nSPS) is 10.9. The third-order valence-electron chi connectivity index (χ3n) is 2.68. The molecule has 5 heteroatoms. The number of aliphatic imine (C=N–C) groups is 1. The lowest BCUT2D eigenvalue weighted by atomic mass is 9.92. The van der Waals surface area contributed by atoms with E-state index in [1.165, 1.54) is 0 Å². The quantitative estimate of drug-likeness (QED) is 0.390. The summed E-state index contributed by atoms with van der Waals surface area (Å²) >= 11 is 18.6. The fourth-order valence-corrected chi connectivity index (χ4v) is 2.96. The highest BCUT2D eigenvalue weighted by molar-refractivity contribution is 6.49. The fraction of sp³-hybridized carbons (Fsp3) is 0.462. The van der Waals surface area contributed by atoms with Crippen molar-refractivity contribution >= 4 is 46.6 Å². The number of rotatable bonds is 3. The molecule has 0 aromatic heterocycles. The number of halogens is 3. The van der Waals surface area contributed by atoms with Gasteiger partial charge in [0.15, 0.2) is 0 Å². The number of carbonyl (C=O) groups excluding carboxylic acids is 1. The summed E-state index contributed by atoms with van der Waals surface area (Å²) in [6, 6.07) is 0. The van der Waals surface area contributed by atoms with Crippen molar-refractivity contribution in [2.75, 3.05) is 0 Å². The van der Waals surface area contributed by atoms with Gasteiger partial charge in [0.05, 0.1) is 20.8 Å². The lowest BCUT2D eigenvalue weighted by Gasteiger charge is -2.20. The first-order valence-electron chi connectivity index (χ1n) is 5.61. The molecule has 1 aromatic rings. The standard InChI is InChI=1S/C13H14Cl3NO/c1-6(2)8-10(14)12(16)11(15)9(7(3)4)13(8)17-5-18/h6-7H,1-4H3. The number of benzene rings is 1. The van der Waals surface area contributed by atoms with Gasteiger partial charge in [-0.2, -0.15) is 4.99 Å². The Balaban J connectivity index is 3.86. The van der Waals surface area contributed by atoms with E-state index in [-0.39, 0.29) is 11.8 Å². The topological polar surface area (TPSA) is 29.4 Å². The first kappa shape index (κ1) is 15.5. The summed E-state index contributed by atoms with van der Waals surface area (Å²) < 4.78 is 0. The van der Waals surface area contributed by atoms with Crippen LogP contribution in [0.15, 0.2) is 4.99 Å². The van der Waals surface area contributed by atoms with E-state index in [4.69, 9.17) is 34.8 Å². The fourth-order valence-electron chi connectivity index (χ4n) is 1.91. The van der Waals surface area contributed by atoms with Gasteiger partial charge in [-0.15, -0.1) is 0 Å². The zero-order valence-electron chi connectivity index (χ0n) is 10.6. The van der Waals surface area contributed by atoms with Crippen molar-refractivity contribution in [3.8, 4) is 0 Å². The minimum Gasteiger partial charge on any atom is -0.211 e. The van der Waals surface area contributed by atoms with Crippen LogP contribution in [-0.2, 0) is 4.79 Å². The van der Waals surface area contributed by atoms with Gasteiger partial charge in [0, 0.05) is 11.1 Å². The molecule has 0 fully saturated rings. The molecule has 0 amide bonds. The molecule has 0 unspecified atom stereocenters. The summed E-state index contributed by atoms with van der Waals surface area (Å²) in [4.78, 5) is 14.4. The Hall–Kier alpha value is -0.530. The van der Waals surface area contributed by atoms with Crippen LogP contribution in [0.1, 0.15) is 50.7 Å². The Morgan fingerprint density at radius 3 is 1.56 bits per heavy atom. The van der Waals surface area contributed by atoms with Gasteiger partial charge in [-0.1, -0.05) is 62.5 Å². The van der Waals surface area contributed by atoms with Crippen LogP contribution in [0.25, 0.3) is 0 Å². The predicted octanol–water partition coefficient (Wildman–Crippen LogP) is 5.86. The largest absolute Gasteiger partial charge is 0.240 e. The van der Waals surface area contributed by atoms with Crippen LogP contribution in [0.3, 0.4) is 0 Å². The molecule has 0 heterocycles. The number of isocyanates is 1. The van der Waals surface area contributed by atoms with Crippen LogP contribution in [-0.4, -0.2) is 6.08 Å². The molecule has 0 aliphatic carbocycles. The van der Waals surface area contributed by atoms with Crippen LogP contribution in [0, 0.1) is 0 Å². The third kappa shape index (κ3) is 2.73. The first-order valence-corrected chi connectivity index (χ1v) is 6.74. The van der Waals surface area contributed by atoms with Crippen LogP contribution in [0.5, 0.6) is 0 Å². The van der Waals surface area contributed by atoms with E-state index in [1.807, 2.05) is 27.7 Å². The second-order valence-electron chi connectivity index (χ2n) is 4.63. The molecule has 1 aromatic carbocycles. The maximum Gasteiger partial charge on any atom is 0.240 e. The molecule has 1 rings (SSSR count). The van der Waals surface area contributed by atoms with Crippen LogP contribution >= 0.6 is 34.8 Å². The lowest BCUT2D eigenvalue weighted by Crippen LogP contribution is -1.99. The van der Waals surface area contributed by atoms with E-state index in [2.05, 4.69) is 4.99 Å². The van der Waals surface area contributed by atoms with Gasteiger partial charge in [-0.3, -0.25) is 0 Å². The summed E-state index contributed by atoms with van der Waals surface area (Å²) in [6.07, 6.45) is 1.56. The van der Waals surface area contributed by atoms with Crippen molar-refractivity contribution in [1.82, 2.24) is 0 Å². The SMILES string of the molecule is CC(C)c1c(Cl)c(Cl)c(Cl)c(C(C)C)c1N=C=O. The predicted molar refractivity (Wildman–Crippen MR) is 77.4 cm³/mol. The number of nitrogens with zero attached hydrogens (tertiary/aromatic N) is 1. The Kier molecular flexibility index (Phi) is 5.24. The Bertz CT molecular complexity index is 482. The highest BCUT2D eigenvalue weighted by atomic mass is 35.5. The van der Waals surface area contributed by atoms with Gasteiger partial charge in [-0.05, 0) is 11.8 Å². The van der Waals surface area contributed by atoms with Gasteiger partial charge in [0.2, 0.25) is 6.08 Å². The van der Waals surface area contributed by atoms with Crippen molar-refractivity contribution in [3.63, 3.8) is 0 Å². The molecule has 0 aliphatic rings. The summed E-state index contributed by atoms with van der Waals surface area (Å²) in [5.74, 6) is 0.161. The number of hydrogen-bond donors (Lipinski definition) is 0. The van der Waals surface area contributed by atoms with E-state index in [0.717, 1.165) is 11.1 Å². The summed E-state index contributed by atoms with van der Waals surface area (Å²) in [5.41, 5.74) is 1.96. The van der Waals surface area contributed by atoms with E-state index >= 15 is 0 Å². The highest BCUT2D eigenvalue weighted by Gasteiger charge is 2.24. The third-order valence-corrected chi connectivity index (χ3v) is 4.04. The molecular weight excluding hydrogens is 293 g/mol. The van der Waals surface area contributed by atoms with Gasteiger partial charge in [0.1, 0.15) is 0 Å². The molecule has 0 bridgehead atoms. The molecule has 98 valence electrons. The molecule has 0 atom stereocenters. The van der Waals surface area contributed by atoms with Crippen LogP contribution in [0.2, 0.25) is 15.1 Å². The smallest absolute Gasteiger partial charge is 0.211 e. The lowest BCUT2D eigenvalue weighted by molar-refractivity contribution is 0.565. The second kappa shape index (κ2) is 6.08. The van der Waals surface area contributed by atoms with Crippen LogP contribution < -0.4 is 0 Å². The summed E-state index contributed by atoms with van der Waals surface area (Å²) in [5, 5.41) is 1.03. The van der Waals surface area contributed by atoms with E-state index in [1.54, 1.807) is 6.08 Å². The molecule has 0 saturated heterocycles. The van der Waals surface area contributed by atoms with Crippen LogP contribution in [0.4, 0.5) is 5.69 Å². The molecular formula is C13H14Cl3NO. The average Bonchev–Trinajstić information content (AvgIpc) is 2.25. The first-order chi connectivity index (χ1) is 8.32. The van der Waals surface area contributed by atoms with Crippen molar-refractivity contribution in [1.29, 1.82) is 0 Å². The molecule has 0 spiro atoms. The zero-order chi connectivity index (χ0) is 14.0.